The number of phenols is 1. The highest BCUT2D eigenvalue weighted by Crippen LogP contribution is 2.32. The Hall–Kier alpha value is -4.33. The Morgan fingerprint density at radius 3 is 2.73 bits per heavy atom. The highest BCUT2D eigenvalue weighted by atomic mass is 16.5. The van der Waals surface area contributed by atoms with Crippen molar-refractivity contribution in [3.8, 4) is 28.5 Å². The maximum atomic E-state index is 12.5. The number of rotatable bonds is 7. The van der Waals surface area contributed by atoms with E-state index in [4.69, 9.17) is 9.47 Å². The van der Waals surface area contributed by atoms with Gasteiger partial charge in [-0.3, -0.25) is 9.89 Å². The maximum absolute atomic E-state index is 12.5. The topological polar surface area (TPSA) is 109 Å². The van der Waals surface area contributed by atoms with Gasteiger partial charge in [0.1, 0.15) is 11.4 Å². The highest BCUT2D eigenvalue weighted by molar-refractivity contribution is 6.03. The Labute approximate surface area is 190 Å². The van der Waals surface area contributed by atoms with Gasteiger partial charge in [-0.15, -0.1) is 0 Å². The van der Waals surface area contributed by atoms with Crippen LogP contribution >= 0.6 is 0 Å². The number of aromatic hydroxyl groups is 1. The summed E-state index contributed by atoms with van der Waals surface area (Å²) < 4.78 is 11.2. The second-order valence-electron chi connectivity index (χ2n) is 7.62. The van der Waals surface area contributed by atoms with E-state index in [-0.39, 0.29) is 17.5 Å². The lowest BCUT2D eigenvalue weighted by Crippen LogP contribution is -2.18. The van der Waals surface area contributed by atoms with Gasteiger partial charge < -0.3 is 14.6 Å². The number of carbonyl (C=O) groups is 1. The van der Waals surface area contributed by atoms with Crippen molar-refractivity contribution in [1.29, 1.82) is 0 Å². The first-order valence-electron chi connectivity index (χ1n) is 10.4. The van der Waals surface area contributed by atoms with Crippen LogP contribution in [-0.4, -0.2) is 40.6 Å². The molecule has 8 nitrogen and oxygen atoms in total. The van der Waals surface area contributed by atoms with Gasteiger partial charge in [-0.2, -0.15) is 10.2 Å². The third kappa shape index (κ3) is 4.79. The zero-order valence-corrected chi connectivity index (χ0v) is 18.5. The van der Waals surface area contributed by atoms with E-state index < -0.39 is 5.91 Å². The summed E-state index contributed by atoms with van der Waals surface area (Å²) in [7, 11) is 1.57. The van der Waals surface area contributed by atoms with Gasteiger partial charge in [0.15, 0.2) is 11.5 Å². The Morgan fingerprint density at radius 1 is 1.12 bits per heavy atom. The molecule has 0 bridgehead atoms. The van der Waals surface area contributed by atoms with Crippen LogP contribution in [0, 0.1) is 0 Å². The molecule has 1 aromatic heterocycles. The van der Waals surface area contributed by atoms with Gasteiger partial charge in [0.25, 0.3) is 5.91 Å². The first-order chi connectivity index (χ1) is 16.0. The molecule has 4 aromatic rings. The number of nitrogens with one attached hydrogen (secondary N) is 2. The van der Waals surface area contributed by atoms with Gasteiger partial charge in [0.05, 0.1) is 25.1 Å². The van der Waals surface area contributed by atoms with Gasteiger partial charge in [0, 0.05) is 11.1 Å². The van der Waals surface area contributed by atoms with Crippen LogP contribution in [0.5, 0.6) is 17.2 Å². The van der Waals surface area contributed by atoms with Crippen LogP contribution in [0.2, 0.25) is 0 Å². The van der Waals surface area contributed by atoms with Crippen LogP contribution in [-0.2, 0) is 0 Å². The molecule has 0 saturated carbocycles. The summed E-state index contributed by atoms with van der Waals surface area (Å²) in [6.45, 7) is 3.88. The molecule has 0 spiro atoms. The average Bonchev–Trinajstić information content (AvgIpc) is 3.31. The number of amides is 1. The molecule has 168 valence electrons. The number of fused-ring (bicyclic) bond motifs is 1. The van der Waals surface area contributed by atoms with Crippen molar-refractivity contribution in [2.45, 2.75) is 20.0 Å². The zero-order chi connectivity index (χ0) is 23.4. The van der Waals surface area contributed by atoms with Crippen molar-refractivity contribution in [3.05, 3.63) is 71.9 Å². The van der Waals surface area contributed by atoms with Crippen LogP contribution in [0.3, 0.4) is 0 Å². The second-order valence-corrected chi connectivity index (χ2v) is 7.62. The molecule has 1 amide bonds. The molecule has 0 saturated heterocycles. The Bertz CT molecular complexity index is 1330. The molecule has 3 N–H and O–H groups in total. The molecule has 0 aliphatic carbocycles. The zero-order valence-electron chi connectivity index (χ0n) is 18.5. The van der Waals surface area contributed by atoms with E-state index in [0.29, 0.717) is 22.8 Å². The summed E-state index contributed by atoms with van der Waals surface area (Å²) in [5, 5.41) is 22.9. The number of benzene rings is 3. The molecule has 8 heteroatoms. The quantitative estimate of drug-likeness (QED) is 0.287. The molecule has 0 atom stereocenters. The predicted molar refractivity (Wildman–Crippen MR) is 127 cm³/mol. The minimum Gasteiger partial charge on any atom is -0.507 e. The summed E-state index contributed by atoms with van der Waals surface area (Å²) in [6.07, 6.45) is 1.44. The molecule has 0 aliphatic rings. The molecule has 1 heterocycles. The highest BCUT2D eigenvalue weighted by Gasteiger charge is 2.14. The monoisotopic (exact) mass is 444 g/mol. The van der Waals surface area contributed by atoms with E-state index in [1.54, 1.807) is 25.3 Å². The standard InChI is InChI=1S/C25H24N4O4/c1-15(2)33-23-11-9-17(12-24(23)32-3)20-13-21(28-27-20)25(31)29-26-14-19-18-7-5-4-6-16(18)8-10-22(19)30/h4-15,30H,1-3H3,(H,27,28)(H,29,31)/b26-14+. The number of methoxy groups -OCH3 is 1. The normalized spacial score (nSPS) is 11.3. The number of hydrazone groups is 1. The number of aromatic nitrogens is 2. The van der Waals surface area contributed by atoms with E-state index in [9.17, 15) is 9.90 Å². The largest absolute Gasteiger partial charge is 0.507 e. The Balaban J connectivity index is 1.50. The molecule has 3 aromatic carbocycles. The Kier molecular flexibility index (Phi) is 6.26. The molecule has 4 rings (SSSR count). The van der Waals surface area contributed by atoms with Crippen molar-refractivity contribution < 1.29 is 19.4 Å². The lowest BCUT2D eigenvalue weighted by atomic mass is 10.0. The lowest BCUT2D eigenvalue weighted by molar-refractivity contribution is 0.0950. The molecular weight excluding hydrogens is 420 g/mol. The van der Waals surface area contributed by atoms with Gasteiger partial charge in [-0.25, -0.2) is 5.43 Å². The molecule has 0 aliphatic heterocycles. The molecular formula is C25H24N4O4. The SMILES string of the molecule is COc1cc(-c2cc(C(=O)N/N=C/c3c(O)ccc4ccccc34)[nH]n2)ccc1OC(C)C. The number of carbonyl (C=O) groups excluding carboxylic acids is 1. The fourth-order valence-corrected chi connectivity index (χ4v) is 3.40. The lowest BCUT2D eigenvalue weighted by Gasteiger charge is -2.14. The molecule has 33 heavy (non-hydrogen) atoms. The second kappa shape index (κ2) is 9.44. The van der Waals surface area contributed by atoms with Crippen LogP contribution in [0.1, 0.15) is 29.9 Å². The number of ether oxygens (including phenoxy) is 2. The average molecular weight is 444 g/mol. The summed E-state index contributed by atoms with van der Waals surface area (Å²) in [6, 6.07) is 18.1. The predicted octanol–water partition coefficient (Wildman–Crippen LogP) is 4.50. The number of phenolic OH excluding ortho intramolecular Hbond substituents is 1. The van der Waals surface area contributed by atoms with Gasteiger partial charge in [0.2, 0.25) is 0 Å². The molecule has 0 radical (unpaired) electrons. The summed E-state index contributed by atoms with van der Waals surface area (Å²) in [5.74, 6) is 0.830. The van der Waals surface area contributed by atoms with E-state index in [1.165, 1.54) is 6.21 Å². The van der Waals surface area contributed by atoms with Gasteiger partial charge in [-0.1, -0.05) is 30.3 Å². The minimum atomic E-state index is -0.462. The van der Waals surface area contributed by atoms with Crippen molar-refractivity contribution in [2.24, 2.45) is 5.10 Å². The Morgan fingerprint density at radius 2 is 1.94 bits per heavy atom. The first kappa shape index (κ1) is 21.9. The van der Waals surface area contributed by atoms with Crippen LogP contribution in [0.15, 0.2) is 65.8 Å². The van der Waals surface area contributed by atoms with E-state index in [2.05, 4.69) is 20.7 Å². The van der Waals surface area contributed by atoms with E-state index in [0.717, 1.165) is 16.3 Å². The van der Waals surface area contributed by atoms with Crippen LogP contribution in [0.25, 0.3) is 22.0 Å². The van der Waals surface area contributed by atoms with Crippen molar-refractivity contribution in [3.63, 3.8) is 0 Å². The van der Waals surface area contributed by atoms with Gasteiger partial charge >= 0.3 is 0 Å². The van der Waals surface area contributed by atoms with Crippen LogP contribution in [0.4, 0.5) is 0 Å². The number of hydrogen-bond donors (Lipinski definition) is 3. The summed E-state index contributed by atoms with van der Waals surface area (Å²) in [4.78, 5) is 12.5. The summed E-state index contributed by atoms with van der Waals surface area (Å²) >= 11 is 0. The van der Waals surface area contributed by atoms with Crippen molar-refractivity contribution >= 4 is 22.9 Å². The fraction of sp³-hybridized carbons (Fsp3) is 0.160. The third-order valence-corrected chi connectivity index (χ3v) is 4.95. The molecule has 0 fully saturated rings. The van der Waals surface area contributed by atoms with Gasteiger partial charge in [-0.05, 0) is 55.0 Å². The number of nitrogens with zero attached hydrogens (tertiary/aromatic N) is 2. The fourth-order valence-electron chi connectivity index (χ4n) is 3.40. The minimum absolute atomic E-state index is 0.0155. The number of H-pyrrole nitrogens is 1. The third-order valence-electron chi connectivity index (χ3n) is 4.95. The molecule has 0 unspecified atom stereocenters. The van der Waals surface area contributed by atoms with Crippen molar-refractivity contribution in [1.82, 2.24) is 15.6 Å². The number of aromatic amines is 1. The number of hydrogen-bond acceptors (Lipinski definition) is 6. The van der Waals surface area contributed by atoms with Crippen molar-refractivity contribution in [2.75, 3.05) is 7.11 Å². The van der Waals surface area contributed by atoms with E-state index >= 15 is 0 Å². The smallest absolute Gasteiger partial charge is 0.289 e. The maximum Gasteiger partial charge on any atom is 0.289 e. The van der Waals surface area contributed by atoms with Crippen LogP contribution < -0.4 is 14.9 Å². The first-order valence-corrected chi connectivity index (χ1v) is 10.4. The summed E-state index contributed by atoms with van der Waals surface area (Å²) in [5.41, 5.74) is 4.57. The van der Waals surface area contributed by atoms with E-state index in [1.807, 2.05) is 56.3 Å².